The van der Waals surface area contributed by atoms with Crippen molar-refractivity contribution in [2.24, 2.45) is 0 Å². The molecule has 6 nitrogen and oxygen atoms in total. The standard InChI is InChI=1S/C15H15Cl2F2N3O3/c1-3-25-13(23)12(17)7-9-6-10(4-5-11(9)16)22-15(24)21(14(18)19)8(2)20-22/h4-6,12,14H,3,7H2,1-2H3. The van der Waals surface area contributed by atoms with Crippen LogP contribution in [0.25, 0.3) is 5.69 Å². The lowest BCUT2D eigenvalue weighted by Crippen LogP contribution is -2.25. The van der Waals surface area contributed by atoms with Gasteiger partial charge in [-0.1, -0.05) is 11.6 Å². The van der Waals surface area contributed by atoms with E-state index >= 15 is 0 Å². The summed E-state index contributed by atoms with van der Waals surface area (Å²) in [5, 5.41) is 3.18. The van der Waals surface area contributed by atoms with Gasteiger partial charge < -0.3 is 4.74 Å². The second-order valence-electron chi connectivity index (χ2n) is 5.09. The summed E-state index contributed by atoms with van der Waals surface area (Å²) in [4.78, 5) is 23.7. The number of hydrogen-bond donors (Lipinski definition) is 0. The number of esters is 1. The molecule has 0 aliphatic carbocycles. The van der Waals surface area contributed by atoms with Gasteiger partial charge in [0.15, 0.2) is 0 Å². The molecule has 0 aliphatic heterocycles. The molecule has 1 aromatic heterocycles. The number of alkyl halides is 3. The number of rotatable bonds is 6. The molecule has 0 amide bonds. The van der Waals surface area contributed by atoms with Crippen molar-refractivity contribution in [3.05, 3.63) is 45.1 Å². The molecule has 25 heavy (non-hydrogen) atoms. The monoisotopic (exact) mass is 393 g/mol. The Hall–Kier alpha value is -1.93. The fourth-order valence-corrected chi connectivity index (χ4v) is 2.65. The van der Waals surface area contributed by atoms with Crippen molar-refractivity contribution in [3.8, 4) is 5.69 Å². The first-order valence-corrected chi connectivity index (χ1v) is 8.13. The van der Waals surface area contributed by atoms with Gasteiger partial charge in [-0.25, -0.2) is 9.36 Å². The van der Waals surface area contributed by atoms with Gasteiger partial charge in [0, 0.05) is 11.4 Å². The van der Waals surface area contributed by atoms with Gasteiger partial charge in [-0.2, -0.15) is 18.6 Å². The van der Waals surface area contributed by atoms with E-state index in [1.165, 1.54) is 25.1 Å². The Balaban J connectivity index is 2.38. The van der Waals surface area contributed by atoms with Crippen molar-refractivity contribution in [2.45, 2.75) is 32.2 Å². The molecule has 0 N–H and O–H groups in total. The quantitative estimate of drug-likeness (QED) is 0.558. The van der Waals surface area contributed by atoms with Gasteiger partial charge in [0.2, 0.25) is 0 Å². The third-order valence-corrected chi connectivity index (χ3v) is 4.09. The lowest BCUT2D eigenvalue weighted by Gasteiger charge is -2.11. The van der Waals surface area contributed by atoms with Crippen LogP contribution in [0.3, 0.4) is 0 Å². The Morgan fingerprint density at radius 1 is 1.40 bits per heavy atom. The maximum Gasteiger partial charge on any atom is 0.355 e. The minimum absolute atomic E-state index is 0.0519. The Labute approximate surface area is 151 Å². The zero-order valence-corrected chi connectivity index (χ0v) is 14.9. The lowest BCUT2D eigenvalue weighted by atomic mass is 10.1. The summed E-state index contributed by atoms with van der Waals surface area (Å²) < 4.78 is 31.8. The van der Waals surface area contributed by atoms with E-state index in [2.05, 4.69) is 5.10 Å². The summed E-state index contributed by atoms with van der Waals surface area (Å²) in [6.45, 7) is 0.152. The Morgan fingerprint density at radius 2 is 2.08 bits per heavy atom. The molecule has 0 bridgehead atoms. The predicted octanol–water partition coefficient (Wildman–Crippen LogP) is 3.10. The van der Waals surface area contributed by atoms with E-state index < -0.39 is 23.6 Å². The summed E-state index contributed by atoms with van der Waals surface area (Å²) in [6, 6.07) is 4.41. The fraction of sp³-hybridized carbons (Fsp3) is 0.400. The molecule has 1 aromatic carbocycles. The largest absolute Gasteiger partial charge is 0.465 e. The first-order chi connectivity index (χ1) is 11.8. The third kappa shape index (κ3) is 4.19. The smallest absolute Gasteiger partial charge is 0.355 e. The van der Waals surface area contributed by atoms with E-state index in [4.69, 9.17) is 27.9 Å². The Kier molecular flexibility index (Phi) is 6.18. The van der Waals surface area contributed by atoms with Crippen molar-refractivity contribution >= 4 is 29.2 Å². The van der Waals surface area contributed by atoms with Crippen molar-refractivity contribution in [1.82, 2.24) is 14.3 Å². The highest BCUT2D eigenvalue weighted by Crippen LogP contribution is 2.23. The number of aromatic nitrogens is 3. The van der Waals surface area contributed by atoms with Gasteiger partial charge >= 0.3 is 18.2 Å². The fourth-order valence-electron chi connectivity index (χ4n) is 2.23. The van der Waals surface area contributed by atoms with E-state index in [1.807, 2.05) is 0 Å². The van der Waals surface area contributed by atoms with Gasteiger partial charge in [-0.3, -0.25) is 4.79 Å². The number of halogens is 4. The Bertz CT molecular complexity index is 836. The number of ether oxygens (including phenoxy) is 1. The lowest BCUT2D eigenvalue weighted by molar-refractivity contribution is -0.142. The second-order valence-corrected chi connectivity index (χ2v) is 6.02. The summed E-state index contributed by atoms with van der Waals surface area (Å²) in [5.74, 6) is -0.723. The van der Waals surface area contributed by atoms with Crippen LogP contribution in [0.15, 0.2) is 23.0 Å². The summed E-state index contributed by atoms with van der Waals surface area (Å²) >= 11 is 12.1. The molecule has 0 saturated carbocycles. The average molecular weight is 394 g/mol. The number of aryl methyl sites for hydroxylation is 1. The molecule has 0 fully saturated rings. The van der Waals surface area contributed by atoms with Gasteiger partial charge in [-0.15, -0.1) is 11.6 Å². The van der Waals surface area contributed by atoms with E-state index in [-0.39, 0.29) is 29.1 Å². The molecule has 2 rings (SSSR count). The third-order valence-electron chi connectivity index (χ3n) is 3.39. The van der Waals surface area contributed by atoms with E-state index in [0.717, 1.165) is 4.68 Å². The molecule has 1 heterocycles. The summed E-state index contributed by atoms with van der Waals surface area (Å²) in [7, 11) is 0. The highest BCUT2D eigenvalue weighted by Gasteiger charge is 2.21. The number of carbonyl (C=O) groups excluding carboxylic acids is 1. The van der Waals surface area contributed by atoms with Gasteiger partial charge in [0.1, 0.15) is 11.2 Å². The molecule has 10 heteroatoms. The molecule has 0 radical (unpaired) electrons. The maximum atomic E-state index is 12.9. The zero-order valence-electron chi connectivity index (χ0n) is 13.4. The maximum absolute atomic E-state index is 12.9. The van der Waals surface area contributed by atoms with Crippen molar-refractivity contribution in [1.29, 1.82) is 0 Å². The molecular weight excluding hydrogens is 379 g/mol. The molecular formula is C15H15Cl2F2N3O3. The SMILES string of the molecule is CCOC(=O)C(Cl)Cc1cc(-n2nc(C)n(C(F)F)c2=O)ccc1Cl. The van der Waals surface area contributed by atoms with Crippen LogP contribution in [0.4, 0.5) is 8.78 Å². The van der Waals surface area contributed by atoms with E-state index in [0.29, 0.717) is 10.6 Å². The predicted molar refractivity (Wildman–Crippen MR) is 88.8 cm³/mol. The average Bonchev–Trinajstić information content (AvgIpc) is 2.84. The number of benzene rings is 1. The zero-order chi connectivity index (χ0) is 18.7. The van der Waals surface area contributed by atoms with E-state index in [9.17, 15) is 18.4 Å². The molecule has 0 spiro atoms. The highest BCUT2D eigenvalue weighted by atomic mass is 35.5. The van der Waals surface area contributed by atoms with Gasteiger partial charge in [0.25, 0.3) is 0 Å². The second kappa shape index (κ2) is 7.97. The Morgan fingerprint density at radius 3 is 2.64 bits per heavy atom. The topological polar surface area (TPSA) is 66.1 Å². The molecule has 0 aliphatic rings. The van der Waals surface area contributed by atoms with Crippen LogP contribution < -0.4 is 5.69 Å². The van der Waals surface area contributed by atoms with Crippen LogP contribution in [0, 0.1) is 6.92 Å². The number of nitrogens with zero attached hydrogens (tertiary/aromatic N) is 3. The minimum atomic E-state index is -3.00. The first-order valence-electron chi connectivity index (χ1n) is 7.32. The first kappa shape index (κ1) is 19.4. The number of carbonyl (C=O) groups is 1. The van der Waals surface area contributed by atoms with Crippen LogP contribution in [0.5, 0.6) is 0 Å². The summed E-state index contributed by atoms with van der Waals surface area (Å²) in [6.07, 6.45) is 0.0519. The van der Waals surface area contributed by atoms with Crippen molar-refractivity contribution in [2.75, 3.05) is 6.61 Å². The van der Waals surface area contributed by atoms with Crippen LogP contribution in [0.1, 0.15) is 24.9 Å². The molecule has 1 atom stereocenters. The normalized spacial score (nSPS) is 12.4. The highest BCUT2D eigenvalue weighted by molar-refractivity contribution is 6.32. The van der Waals surface area contributed by atoms with Crippen molar-refractivity contribution < 1.29 is 18.3 Å². The van der Waals surface area contributed by atoms with Gasteiger partial charge in [-0.05, 0) is 37.6 Å². The van der Waals surface area contributed by atoms with Gasteiger partial charge in [0.05, 0.1) is 12.3 Å². The molecule has 136 valence electrons. The minimum Gasteiger partial charge on any atom is -0.465 e. The number of hydrogen-bond acceptors (Lipinski definition) is 4. The molecule has 1 unspecified atom stereocenters. The van der Waals surface area contributed by atoms with Crippen molar-refractivity contribution in [3.63, 3.8) is 0 Å². The van der Waals surface area contributed by atoms with Crippen LogP contribution >= 0.6 is 23.2 Å². The van der Waals surface area contributed by atoms with Crippen LogP contribution in [-0.2, 0) is 16.0 Å². The van der Waals surface area contributed by atoms with E-state index in [1.54, 1.807) is 6.92 Å². The van der Waals surface area contributed by atoms with Crippen LogP contribution in [0.2, 0.25) is 5.02 Å². The molecule has 2 aromatic rings. The summed E-state index contributed by atoms with van der Waals surface area (Å²) in [5.41, 5.74) is -0.281. The molecule has 0 saturated heterocycles. The van der Waals surface area contributed by atoms with Crippen LogP contribution in [-0.4, -0.2) is 32.3 Å².